The number of hydrogen-bond acceptors (Lipinski definition) is 5. The summed E-state index contributed by atoms with van der Waals surface area (Å²) in [4.78, 5) is 4.70. The number of aliphatic hydroxyl groups excluding tert-OH is 1. The number of hydrogen-bond donors (Lipinski definition) is 1. The molecule has 0 spiro atoms. The van der Waals surface area contributed by atoms with Crippen molar-refractivity contribution in [3.63, 3.8) is 0 Å². The van der Waals surface area contributed by atoms with E-state index in [2.05, 4.69) is 22.0 Å². The Hall–Kier alpha value is -1.69. The predicted octanol–water partition coefficient (Wildman–Crippen LogP) is 2.86. The molecular weight excluding hydrogens is 314 g/mol. The summed E-state index contributed by atoms with van der Waals surface area (Å²) in [7, 11) is 2.14. The Morgan fingerprint density at radius 1 is 1.28 bits per heavy atom. The third kappa shape index (κ3) is 5.39. The van der Waals surface area contributed by atoms with Crippen LogP contribution in [-0.4, -0.2) is 53.3 Å². The molecule has 1 unspecified atom stereocenters. The molecule has 1 atom stereocenters. The zero-order valence-corrected chi connectivity index (χ0v) is 15.3. The number of aromatic nitrogens is 1. The second-order valence-corrected chi connectivity index (χ2v) is 7.30. The first-order valence-corrected chi connectivity index (χ1v) is 9.16. The standard InChI is InChI=1S/C20H29N3O2/c1-16-12-19(25-21-16)14-22(2)13-17-8-10-23(11-9-17)15-20(24)18-6-4-3-5-7-18/h3-7,12,17,20,24H,8-11,13-15H2,1-2H3. The van der Waals surface area contributed by atoms with Gasteiger partial charge in [0.1, 0.15) is 0 Å². The van der Waals surface area contributed by atoms with Gasteiger partial charge in [0.25, 0.3) is 0 Å². The van der Waals surface area contributed by atoms with Gasteiger partial charge in [0, 0.05) is 19.2 Å². The smallest absolute Gasteiger partial charge is 0.150 e. The maximum atomic E-state index is 10.4. The van der Waals surface area contributed by atoms with Gasteiger partial charge in [-0.05, 0) is 51.4 Å². The van der Waals surface area contributed by atoms with E-state index in [0.717, 1.165) is 49.7 Å². The van der Waals surface area contributed by atoms with Crippen LogP contribution in [0.2, 0.25) is 0 Å². The summed E-state index contributed by atoms with van der Waals surface area (Å²) in [6.07, 6.45) is 1.97. The molecule has 0 aliphatic carbocycles. The first-order valence-electron chi connectivity index (χ1n) is 9.16. The van der Waals surface area contributed by atoms with E-state index < -0.39 is 6.10 Å². The Balaban J connectivity index is 1.39. The predicted molar refractivity (Wildman–Crippen MR) is 98.1 cm³/mol. The molecule has 3 rings (SSSR count). The van der Waals surface area contributed by atoms with Crippen molar-refractivity contribution in [2.24, 2.45) is 5.92 Å². The number of benzene rings is 1. The molecule has 2 heterocycles. The van der Waals surface area contributed by atoms with Crippen molar-refractivity contribution in [3.05, 3.63) is 53.4 Å². The Bertz CT molecular complexity index is 635. The van der Waals surface area contributed by atoms with Crippen LogP contribution in [0.4, 0.5) is 0 Å². The molecule has 5 heteroatoms. The third-order valence-electron chi connectivity index (χ3n) is 5.00. The summed E-state index contributed by atoms with van der Waals surface area (Å²) >= 11 is 0. The molecule has 1 fully saturated rings. The van der Waals surface area contributed by atoms with Crippen LogP contribution in [0.15, 0.2) is 40.9 Å². The van der Waals surface area contributed by atoms with E-state index >= 15 is 0 Å². The third-order valence-corrected chi connectivity index (χ3v) is 5.00. The molecule has 1 aromatic heterocycles. The topological polar surface area (TPSA) is 52.7 Å². The zero-order chi connectivity index (χ0) is 17.6. The molecule has 5 nitrogen and oxygen atoms in total. The molecular formula is C20H29N3O2. The van der Waals surface area contributed by atoms with Crippen LogP contribution >= 0.6 is 0 Å². The van der Waals surface area contributed by atoms with Crippen LogP contribution in [0.1, 0.15) is 36.0 Å². The molecule has 136 valence electrons. The molecule has 1 N–H and O–H groups in total. The van der Waals surface area contributed by atoms with Crippen molar-refractivity contribution in [2.45, 2.75) is 32.4 Å². The van der Waals surface area contributed by atoms with Crippen molar-refractivity contribution < 1.29 is 9.63 Å². The maximum absolute atomic E-state index is 10.4. The highest BCUT2D eigenvalue weighted by Gasteiger charge is 2.22. The van der Waals surface area contributed by atoms with Crippen molar-refractivity contribution in [1.29, 1.82) is 0 Å². The minimum absolute atomic E-state index is 0.393. The van der Waals surface area contributed by atoms with Crippen LogP contribution in [0.3, 0.4) is 0 Å². The first kappa shape index (κ1) is 18.1. The van der Waals surface area contributed by atoms with E-state index in [1.165, 1.54) is 12.8 Å². The number of rotatable bonds is 7. The van der Waals surface area contributed by atoms with Gasteiger partial charge < -0.3 is 14.5 Å². The first-order chi connectivity index (χ1) is 12.1. The minimum Gasteiger partial charge on any atom is -0.387 e. The Morgan fingerprint density at radius 3 is 2.64 bits per heavy atom. The van der Waals surface area contributed by atoms with Gasteiger partial charge in [-0.15, -0.1) is 0 Å². The highest BCUT2D eigenvalue weighted by Crippen LogP contribution is 2.22. The highest BCUT2D eigenvalue weighted by molar-refractivity contribution is 5.17. The van der Waals surface area contributed by atoms with Gasteiger partial charge in [0.2, 0.25) is 0 Å². The Labute approximate surface area is 150 Å². The lowest BCUT2D eigenvalue weighted by molar-refractivity contribution is 0.0818. The maximum Gasteiger partial charge on any atom is 0.150 e. The molecule has 0 bridgehead atoms. The summed E-state index contributed by atoms with van der Waals surface area (Å²) in [6, 6.07) is 11.9. The average molecular weight is 343 g/mol. The van der Waals surface area contributed by atoms with Crippen LogP contribution in [0.25, 0.3) is 0 Å². The van der Waals surface area contributed by atoms with Crippen LogP contribution in [0.5, 0.6) is 0 Å². The fraction of sp³-hybridized carbons (Fsp3) is 0.550. The van der Waals surface area contributed by atoms with Gasteiger partial charge in [-0.25, -0.2) is 0 Å². The van der Waals surface area contributed by atoms with Gasteiger partial charge >= 0.3 is 0 Å². The highest BCUT2D eigenvalue weighted by atomic mass is 16.5. The molecule has 2 aromatic rings. The fourth-order valence-corrected chi connectivity index (χ4v) is 3.64. The van der Waals surface area contributed by atoms with E-state index in [-0.39, 0.29) is 0 Å². The second kappa shape index (κ2) is 8.61. The fourth-order valence-electron chi connectivity index (χ4n) is 3.64. The van der Waals surface area contributed by atoms with Gasteiger partial charge in [-0.3, -0.25) is 4.90 Å². The van der Waals surface area contributed by atoms with Gasteiger partial charge in [0.05, 0.1) is 18.3 Å². The monoisotopic (exact) mass is 343 g/mol. The van der Waals surface area contributed by atoms with E-state index in [9.17, 15) is 5.11 Å². The molecule has 1 aliphatic heterocycles. The molecule has 0 amide bonds. The van der Waals surface area contributed by atoms with Gasteiger partial charge in [-0.1, -0.05) is 35.5 Å². The number of nitrogens with zero attached hydrogens (tertiary/aromatic N) is 3. The molecule has 0 saturated carbocycles. The van der Waals surface area contributed by atoms with E-state index in [0.29, 0.717) is 5.92 Å². The lowest BCUT2D eigenvalue weighted by atomic mass is 9.95. The molecule has 1 aromatic carbocycles. The lowest BCUT2D eigenvalue weighted by Crippen LogP contribution is -2.39. The summed E-state index contributed by atoms with van der Waals surface area (Å²) in [5.41, 5.74) is 1.94. The van der Waals surface area contributed by atoms with Crippen molar-refractivity contribution >= 4 is 0 Å². The largest absolute Gasteiger partial charge is 0.387 e. The Morgan fingerprint density at radius 2 is 2.00 bits per heavy atom. The summed E-state index contributed by atoms with van der Waals surface area (Å²) in [5.74, 6) is 1.64. The summed E-state index contributed by atoms with van der Waals surface area (Å²) < 4.78 is 5.30. The number of aryl methyl sites for hydroxylation is 1. The van der Waals surface area contributed by atoms with E-state index in [1.54, 1.807) is 0 Å². The van der Waals surface area contributed by atoms with Gasteiger partial charge in [-0.2, -0.15) is 0 Å². The SMILES string of the molecule is Cc1cc(CN(C)CC2CCN(CC(O)c3ccccc3)CC2)on1. The number of likely N-dealkylation sites (tertiary alicyclic amines) is 1. The molecule has 1 saturated heterocycles. The van der Waals surface area contributed by atoms with E-state index in [4.69, 9.17) is 4.52 Å². The molecule has 25 heavy (non-hydrogen) atoms. The quantitative estimate of drug-likeness (QED) is 0.838. The second-order valence-electron chi connectivity index (χ2n) is 7.30. The number of aliphatic hydroxyl groups is 1. The van der Waals surface area contributed by atoms with Crippen molar-refractivity contribution in [1.82, 2.24) is 15.0 Å². The van der Waals surface area contributed by atoms with Crippen LogP contribution in [-0.2, 0) is 6.54 Å². The molecule has 1 aliphatic rings. The van der Waals surface area contributed by atoms with E-state index in [1.807, 2.05) is 43.3 Å². The summed E-state index contributed by atoms with van der Waals surface area (Å²) in [5, 5.41) is 14.3. The van der Waals surface area contributed by atoms with Crippen LogP contribution in [0, 0.1) is 12.8 Å². The minimum atomic E-state index is -0.393. The van der Waals surface area contributed by atoms with Crippen molar-refractivity contribution in [3.8, 4) is 0 Å². The van der Waals surface area contributed by atoms with Crippen molar-refractivity contribution in [2.75, 3.05) is 33.2 Å². The Kier molecular flexibility index (Phi) is 6.24. The molecule has 0 radical (unpaired) electrons. The van der Waals surface area contributed by atoms with Gasteiger partial charge in [0.15, 0.2) is 5.76 Å². The number of piperidine rings is 1. The number of β-amino-alcohol motifs (C(OH)–C–C–N with tert-alkyl or cyclic N) is 1. The summed E-state index contributed by atoms with van der Waals surface area (Å²) in [6.45, 7) is 6.69. The lowest BCUT2D eigenvalue weighted by Gasteiger charge is -2.34. The average Bonchev–Trinajstić information content (AvgIpc) is 3.02. The zero-order valence-electron chi connectivity index (χ0n) is 15.3. The van der Waals surface area contributed by atoms with Crippen LogP contribution < -0.4 is 0 Å². The normalized spacial score (nSPS) is 17.9.